The van der Waals surface area contributed by atoms with E-state index in [1.165, 1.54) is 20.2 Å². The molecule has 2 rings (SSSR count). The van der Waals surface area contributed by atoms with E-state index < -0.39 is 17.6 Å². The second-order valence-corrected chi connectivity index (χ2v) is 7.35. The Morgan fingerprint density at radius 1 is 1.22 bits per heavy atom. The summed E-state index contributed by atoms with van der Waals surface area (Å²) in [6.45, 7) is 5.19. The normalized spacial score (nSPS) is 11.3. The van der Waals surface area contributed by atoms with Crippen molar-refractivity contribution in [2.75, 3.05) is 24.8 Å². The van der Waals surface area contributed by atoms with Crippen molar-refractivity contribution in [1.29, 1.82) is 5.41 Å². The largest absolute Gasteiger partial charge is 0.494 e. The van der Waals surface area contributed by atoms with Crippen LogP contribution in [0, 0.1) is 5.41 Å². The van der Waals surface area contributed by atoms with Crippen LogP contribution in [0.25, 0.3) is 0 Å². The van der Waals surface area contributed by atoms with Crippen molar-refractivity contribution in [3.63, 3.8) is 0 Å². The van der Waals surface area contributed by atoms with Gasteiger partial charge in [0.15, 0.2) is 17.3 Å². The average Bonchev–Trinajstić information content (AvgIpc) is 2.72. The minimum absolute atomic E-state index is 0.0178. The van der Waals surface area contributed by atoms with E-state index in [4.69, 9.17) is 20.6 Å². The lowest BCUT2D eigenvalue weighted by Crippen LogP contribution is -2.28. The van der Waals surface area contributed by atoms with Crippen molar-refractivity contribution in [2.45, 2.75) is 26.4 Å². The van der Waals surface area contributed by atoms with Crippen LogP contribution in [-0.2, 0) is 4.74 Å². The van der Waals surface area contributed by atoms with Gasteiger partial charge in [-0.15, -0.1) is 10.2 Å². The minimum atomic E-state index is -0.722. The number of methoxy groups -OCH3 is 1. The van der Waals surface area contributed by atoms with Crippen molar-refractivity contribution in [2.24, 2.45) is 10.7 Å². The summed E-state index contributed by atoms with van der Waals surface area (Å²) >= 11 is 0. The Bertz CT molecular complexity index is 1050. The van der Waals surface area contributed by atoms with Crippen LogP contribution in [0.3, 0.4) is 0 Å². The molecule has 170 valence electrons. The quantitative estimate of drug-likeness (QED) is 0.320. The lowest BCUT2D eigenvalue weighted by atomic mass is 10.1. The number of amides is 2. The number of ether oxygens (including phenoxy) is 2. The molecule has 0 radical (unpaired) electrons. The lowest BCUT2D eigenvalue weighted by molar-refractivity contribution is 0.0635. The first kappa shape index (κ1) is 24.1. The number of amidine groups is 1. The number of carbonyl (C=O) groups is 2. The predicted octanol–water partition coefficient (Wildman–Crippen LogP) is 2.25. The summed E-state index contributed by atoms with van der Waals surface area (Å²) in [6.07, 6.45) is 0.0978. The molecule has 0 aliphatic carbocycles. The summed E-state index contributed by atoms with van der Waals surface area (Å²) in [7, 11) is 2.90. The van der Waals surface area contributed by atoms with Crippen LogP contribution in [0.15, 0.2) is 29.3 Å². The number of aromatic nitrogens is 2. The third kappa shape index (κ3) is 6.14. The van der Waals surface area contributed by atoms with Crippen molar-refractivity contribution in [3.8, 4) is 5.75 Å². The molecule has 0 saturated carbocycles. The first-order valence-electron chi connectivity index (χ1n) is 9.46. The van der Waals surface area contributed by atoms with Gasteiger partial charge < -0.3 is 25.8 Å². The molecule has 2 aromatic rings. The van der Waals surface area contributed by atoms with Crippen molar-refractivity contribution >= 4 is 41.4 Å². The number of para-hydroxylation sites is 1. The summed E-state index contributed by atoms with van der Waals surface area (Å²) in [5.41, 5.74) is 6.32. The highest BCUT2D eigenvalue weighted by Crippen LogP contribution is 2.32. The van der Waals surface area contributed by atoms with Gasteiger partial charge in [-0.3, -0.25) is 15.5 Å². The Morgan fingerprint density at radius 2 is 1.94 bits per heavy atom. The highest BCUT2D eigenvalue weighted by molar-refractivity contribution is 6.05. The van der Waals surface area contributed by atoms with Gasteiger partial charge in [0.1, 0.15) is 17.8 Å². The summed E-state index contributed by atoms with van der Waals surface area (Å²) < 4.78 is 10.7. The molecule has 0 bridgehead atoms. The molecule has 1 aromatic carbocycles. The number of rotatable bonds is 7. The number of nitrogens with zero attached hydrogens (tertiary/aromatic N) is 3. The molecule has 1 heterocycles. The van der Waals surface area contributed by atoms with Gasteiger partial charge in [-0.25, -0.2) is 9.79 Å². The van der Waals surface area contributed by atoms with Crippen LogP contribution in [0.2, 0.25) is 0 Å². The predicted molar refractivity (Wildman–Crippen MR) is 121 cm³/mol. The summed E-state index contributed by atoms with van der Waals surface area (Å²) in [5, 5.41) is 22.9. The van der Waals surface area contributed by atoms with Gasteiger partial charge in [0, 0.05) is 13.1 Å². The zero-order chi connectivity index (χ0) is 23.9. The standard InChI is InChI=1S/C20H26N8O4/c1-20(2,3)32-19(30)26-14-9-13(15(28-27-14)18(29)23-4)25-12-8-6-7-11(16(12)31-5)17(22)24-10-21/h6-10H,1-5H3,(H,23,29)(H3,21,22,24)(H2,25,26,27,30). The molecule has 0 aliphatic rings. The van der Waals surface area contributed by atoms with Gasteiger partial charge >= 0.3 is 6.09 Å². The maximum Gasteiger partial charge on any atom is 0.413 e. The monoisotopic (exact) mass is 442 g/mol. The molecule has 2 amide bonds. The minimum Gasteiger partial charge on any atom is -0.494 e. The molecular weight excluding hydrogens is 416 g/mol. The molecule has 0 atom stereocenters. The summed E-state index contributed by atoms with van der Waals surface area (Å²) in [4.78, 5) is 28.2. The van der Waals surface area contributed by atoms with E-state index in [0.29, 0.717) is 17.0 Å². The number of carbonyl (C=O) groups excluding carboxylic acids is 2. The maximum atomic E-state index is 12.3. The van der Waals surface area contributed by atoms with Crippen molar-refractivity contribution < 1.29 is 19.1 Å². The van der Waals surface area contributed by atoms with Gasteiger partial charge in [-0.05, 0) is 32.9 Å². The fraction of sp³-hybridized carbons (Fsp3) is 0.300. The van der Waals surface area contributed by atoms with E-state index in [9.17, 15) is 9.59 Å². The van der Waals surface area contributed by atoms with Crippen LogP contribution in [0.1, 0.15) is 36.8 Å². The van der Waals surface area contributed by atoms with Gasteiger partial charge in [-0.1, -0.05) is 6.07 Å². The fourth-order valence-electron chi connectivity index (χ4n) is 2.58. The topological polar surface area (TPSA) is 177 Å². The van der Waals surface area contributed by atoms with Crippen molar-refractivity contribution in [1.82, 2.24) is 15.5 Å². The van der Waals surface area contributed by atoms with E-state index in [2.05, 4.69) is 31.1 Å². The van der Waals surface area contributed by atoms with Crippen LogP contribution in [0.5, 0.6) is 5.75 Å². The van der Waals surface area contributed by atoms with E-state index in [0.717, 1.165) is 6.34 Å². The van der Waals surface area contributed by atoms with Crippen LogP contribution in [-0.4, -0.2) is 54.1 Å². The number of hydrogen-bond donors (Lipinski definition) is 5. The summed E-state index contributed by atoms with van der Waals surface area (Å²) in [5.74, 6) is -0.0256. The lowest BCUT2D eigenvalue weighted by Gasteiger charge is -2.20. The molecule has 0 spiro atoms. The average molecular weight is 442 g/mol. The van der Waals surface area contributed by atoms with Gasteiger partial charge in [-0.2, -0.15) is 0 Å². The van der Waals surface area contributed by atoms with E-state index >= 15 is 0 Å². The third-order valence-corrected chi connectivity index (χ3v) is 3.83. The third-order valence-electron chi connectivity index (χ3n) is 3.83. The number of nitrogens with one attached hydrogen (secondary N) is 4. The van der Waals surface area contributed by atoms with E-state index in [-0.39, 0.29) is 23.0 Å². The Labute approximate surface area is 185 Å². The van der Waals surface area contributed by atoms with E-state index in [1.807, 2.05) is 0 Å². The van der Waals surface area contributed by atoms with E-state index in [1.54, 1.807) is 39.0 Å². The molecule has 6 N–H and O–H groups in total. The fourth-order valence-corrected chi connectivity index (χ4v) is 2.58. The maximum absolute atomic E-state index is 12.3. The second-order valence-electron chi connectivity index (χ2n) is 7.35. The smallest absolute Gasteiger partial charge is 0.413 e. The Morgan fingerprint density at radius 3 is 2.53 bits per heavy atom. The molecule has 32 heavy (non-hydrogen) atoms. The molecule has 1 aromatic heterocycles. The molecule has 12 nitrogen and oxygen atoms in total. The zero-order valence-electron chi connectivity index (χ0n) is 18.4. The zero-order valence-corrected chi connectivity index (χ0v) is 18.4. The summed E-state index contributed by atoms with van der Waals surface area (Å²) in [6, 6.07) is 6.49. The van der Waals surface area contributed by atoms with Crippen molar-refractivity contribution in [3.05, 3.63) is 35.5 Å². The Kier molecular flexibility index (Phi) is 7.66. The van der Waals surface area contributed by atoms with Gasteiger partial charge in [0.05, 0.1) is 24.0 Å². The number of hydrogen-bond acceptors (Lipinski definition) is 8. The molecule has 0 fully saturated rings. The number of nitrogens with two attached hydrogens (primary N) is 1. The molecule has 0 unspecified atom stereocenters. The Hall–Kier alpha value is -4.22. The molecule has 0 saturated heterocycles. The highest BCUT2D eigenvalue weighted by Gasteiger charge is 2.20. The first-order chi connectivity index (χ1) is 15.1. The number of aliphatic imine (C=N–C) groups is 1. The first-order valence-corrected chi connectivity index (χ1v) is 9.46. The Balaban J connectivity index is 2.48. The molecule has 12 heteroatoms. The van der Waals surface area contributed by atoms with Gasteiger partial charge in [0.2, 0.25) is 0 Å². The molecular formula is C20H26N8O4. The highest BCUT2D eigenvalue weighted by atomic mass is 16.6. The SMILES string of the molecule is CNC(=O)c1nnc(NC(=O)OC(C)(C)C)cc1Nc1cccc(C(N)=NC=N)c1OC. The van der Waals surface area contributed by atoms with Crippen LogP contribution in [0.4, 0.5) is 22.0 Å². The molecule has 0 aliphatic heterocycles. The second kappa shape index (κ2) is 10.2. The van der Waals surface area contributed by atoms with Crippen LogP contribution < -0.4 is 26.4 Å². The van der Waals surface area contributed by atoms with Gasteiger partial charge in [0.25, 0.3) is 5.91 Å². The number of anilines is 3. The number of benzene rings is 1. The van der Waals surface area contributed by atoms with Crippen LogP contribution >= 0.6 is 0 Å².